The molecule has 0 aromatic heterocycles. The van der Waals surface area contributed by atoms with Crippen molar-refractivity contribution in [3.8, 4) is 0 Å². The molecule has 4 fully saturated rings. The summed E-state index contributed by atoms with van der Waals surface area (Å²) < 4.78 is 66.7. The fourth-order valence-corrected chi connectivity index (χ4v) is 7.45. The van der Waals surface area contributed by atoms with Gasteiger partial charge in [-0.15, -0.1) is 0 Å². The van der Waals surface area contributed by atoms with Crippen LogP contribution >= 0.6 is 0 Å². The van der Waals surface area contributed by atoms with Crippen molar-refractivity contribution < 1.29 is 26.4 Å². The molecule has 4 aliphatic rings. The molecule has 4 bridgehead atoms. The normalized spacial score (nSPS) is 28.5. The Morgan fingerprint density at radius 2 is 1.52 bits per heavy atom. The van der Waals surface area contributed by atoms with Gasteiger partial charge in [-0.1, -0.05) is 12.1 Å². The third-order valence-electron chi connectivity index (χ3n) is 7.27. The van der Waals surface area contributed by atoms with E-state index >= 15 is 0 Å². The lowest BCUT2D eigenvalue weighted by atomic mass is 9.53. The maximum absolute atomic E-state index is 13.1. The lowest BCUT2D eigenvalue weighted by Gasteiger charge is -2.56. The van der Waals surface area contributed by atoms with E-state index in [2.05, 4.69) is 10.0 Å². The van der Waals surface area contributed by atoms with Crippen LogP contribution in [-0.2, 0) is 16.2 Å². The molecule has 2 N–H and O–H groups in total. The van der Waals surface area contributed by atoms with Gasteiger partial charge >= 0.3 is 6.18 Å². The molecular formula is C24H25F3N2O3S. The summed E-state index contributed by atoms with van der Waals surface area (Å²) in [6.45, 7) is 0. The Morgan fingerprint density at radius 3 is 2.12 bits per heavy atom. The zero-order valence-corrected chi connectivity index (χ0v) is 18.7. The Labute approximate surface area is 190 Å². The Hall–Kier alpha value is -2.55. The maximum atomic E-state index is 13.1. The minimum absolute atomic E-state index is 0.182. The fraction of sp³-hybridized carbons (Fsp3) is 0.458. The van der Waals surface area contributed by atoms with Gasteiger partial charge in [0.25, 0.3) is 15.9 Å². The summed E-state index contributed by atoms with van der Waals surface area (Å²) in [6, 6.07) is 9.60. The number of nitrogens with one attached hydrogen (secondary N) is 2. The van der Waals surface area contributed by atoms with Crippen LogP contribution in [0.4, 0.5) is 18.9 Å². The minimum atomic E-state index is -4.59. The first-order chi connectivity index (χ1) is 15.5. The number of rotatable bonds is 5. The third kappa shape index (κ3) is 4.47. The van der Waals surface area contributed by atoms with Gasteiger partial charge in [0.15, 0.2) is 0 Å². The number of halogens is 3. The largest absolute Gasteiger partial charge is 0.416 e. The Kier molecular flexibility index (Phi) is 5.23. The maximum Gasteiger partial charge on any atom is 0.416 e. The SMILES string of the molecule is O=C(NC12CC3CC(CC(C3)C1)C2)c1cccc(S(=O)(=O)Nc2cccc(C(F)(F)F)c2)c1. The smallest absolute Gasteiger partial charge is 0.347 e. The molecule has 0 atom stereocenters. The number of alkyl halides is 3. The van der Waals surface area contributed by atoms with Gasteiger partial charge in [-0.25, -0.2) is 8.42 Å². The van der Waals surface area contributed by atoms with Gasteiger partial charge < -0.3 is 5.32 Å². The highest BCUT2D eigenvalue weighted by Gasteiger charge is 2.51. The quantitative estimate of drug-likeness (QED) is 0.620. The Balaban J connectivity index is 1.34. The molecule has 33 heavy (non-hydrogen) atoms. The standard InChI is InChI=1S/C24H25F3N2O3S/c25-24(26,27)19-4-2-5-20(11-19)29-33(31,32)21-6-1-3-18(10-21)22(30)28-23-12-15-7-16(13-23)9-17(8-15)14-23/h1-6,10-11,15-17,29H,7-9,12-14H2,(H,28,30). The van der Waals surface area contributed by atoms with Gasteiger partial charge in [0.2, 0.25) is 0 Å². The van der Waals surface area contributed by atoms with Gasteiger partial charge in [0, 0.05) is 16.8 Å². The van der Waals surface area contributed by atoms with Crippen LogP contribution in [0.25, 0.3) is 0 Å². The second-order valence-electron chi connectivity index (χ2n) is 9.86. The summed E-state index contributed by atoms with van der Waals surface area (Å²) in [4.78, 5) is 12.9. The van der Waals surface area contributed by atoms with Crippen molar-refractivity contribution in [1.82, 2.24) is 5.32 Å². The zero-order chi connectivity index (χ0) is 23.4. The third-order valence-corrected chi connectivity index (χ3v) is 8.64. The Bertz CT molecular complexity index is 1160. The summed E-state index contributed by atoms with van der Waals surface area (Å²) in [6.07, 6.45) is 2.05. The van der Waals surface area contributed by atoms with Crippen LogP contribution in [0.5, 0.6) is 0 Å². The summed E-state index contributed by atoms with van der Waals surface area (Å²) in [5, 5.41) is 3.21. The molecule has 0 heterocycles. The molecule has 4 aliphatic carbocycles. The molecule has 0 radical (unpaired) electrons. The number of hydrogen-bond acceptors (Lipinski definition) is 3. The number of sulfonamides is 1. The molecule has 0 unspecified atom stereocenters. The minimum Gasteiger partial charge on any atom is -0.347 e. The highest BCUT2D eigenvalue weighted by atomic mass is 32.2. The molecule has 1 amide bonds. The van der Waals surface area contributed by atoms with Crippen molar-refractivity contribution in [1.29, 1.82) is 0 Å². The van der Waals surface area contributed by atoms with Crippen LogP contribution in [0.1, 0.15) is 54.4 Å². The number of hydrogen-bond donors (Lipinski definition) is 2. The molecule has 4 saturated carbocycles. The summed E-state index contributed by atoms with van der Waals surface area (Å²) in [5.41, 5.74) is -1.14. The van der Waals surface area contributed by atoms with E-state index in [0.717, 1.165) is 37.5 Å². The summed E-state index contributed by atoms with van der Waals surface area (Å²) in [5.74, 6) is 1.65. The second-order valence-corrected chi connectivity index (χ2v) is 11.5. The van der Waals surface area contributed by atoms with E-state index in [1.54, 1.807) is 6.07 Å². The van der Waals surface area contributed by atoms with Crippen LogP contribution in [-0.4, -0.2) is 19.9 Å². The monoisotopic (exact) mass is 478 g/mol. The number of carbonyl (C=O) groups is 1. The molecule has 0 saturated heterocycles. The average molecular weight is 479 g/mol. The van der Waals surface area contributed by atoms with Crippen LogP contribution in [0.3, 0.4) is 0 Å². The molecule has 0 aliphatic heterocycles. The fourth-order valence-electron chi connectivity index (χ4n) is 6.35. The van der Waals surface area contributed by atoms with E-state index in [4.69, 9.17) is 0 Å². The van der Waals surface area contributed by atoms with E-state index in [1.165, 1.54) is 43.5 Å². The van der Waals surface area contributed by atoms with Crippen LogP contribution in [0.15, 0.2) is 53.4 Å². The molecule has 2 aromatic carbocycles. The summed E-state index contributed by atoms with van der Waals surface area (Å²) >= 11 is 0. The van der Waals surface area contributed by atoms with Crippen LogP contribution < -0.4 is 10.0 Å². The van der Waals surface area contributed by atoms with Crippen molar-refractivity contribution in [2.75, 3.05) is 4.72 Å². The number of benzene rings is 2. The van der Waals surface area contributed by atoms with E-state index in [-0.39, 0.29) is 27.6 Å². The first-order valence-corrected chi connectivity index (χ1v) is 12.6. The molecule has 5 nitrogen and oxygen atoms in total. The van der Waals surface area contributed by atoms with E-state index in [0.29, 0.717) is 17.8 Å². The molecule has 2 aromatic rings. The van der Waals surface area contributed by atoms with E-state index in [1.807, 2.05) is 0 Å². The zero-order valence-electron chi connectivity index (χ0n) is 17.9. The van der Waals surface area contributed by atoms with Gasteiger partial charge in [0.05, 0.1) is 10.5 Å². The van der Waals surface area contributed by atoms with E-state index in [9.17, 15) is 26.4 Å². The van der Waals surface area contributed by atoms with Crippen molar-refractivity contribution in [2.24, 2.45) is 17.8 Å². The molecule has 6 rings (SSSR count). The molecule has 9 heteroatoms. The highest BCUT2D eigenvalue weighted by molar-refractivity contribution is 7.92. The lowest BCUT2D eigenvalue weighted by molar-refractivity contribution is -0.137. The lowest BCUT2D eigenvalue weighted by Crippen LogP contribution is -2.59. The highest BCUT2D eigenvalue weighted by Crippen LogP contribution is 2.55. The van der Waals surface area contributed by atoms with Gasteiger partial charge in [-0.2, -0.15) is 13.2 Å². The van der Waals surface area contributed by atoms with Gasteiger partial charge in [0.1, 0.15) is 0 Å². The predicted molar refractivity (Wildman–Crippen MR) is 117 cm³/mol. The molecule has 0 spiro atoms. The van der Waals surface area contributed by atoms with Crippen molar-refractivity contribution in [3.63, 3.8) is 0 Å². The number of carbonyl (C=O) groups excluding carboxylic acids is 1. The summed E-state index contributed by atoms with van der Waals surface area (Å²) in [7, 11) is -4.18. The van der Waals surface area contributed by atoms with Crippen LogP contribution in [0, 0.1) is 17.8 Å². The van der Waals surface area contributed by atoms with Gasteiger partial charge in [-0.05, 0) is 92.7 Å². The first kappa shape index (κ1) is 22.3. The van der Waals surface area contributed by atoms with Gasteiger partial charge in [-0.3, -0.25) is 9.52 Å². The van der Waals surface area contributed by atoms with Crippen molar-refractivity contribution in [2.45, 2.75) is 55.1 Å². The number of anilines is 1. The van der Waals surface area contributed by atoms with Crippen molar-refractivity contribution >= 4 is 21.6 Å². The second kappa shape index (κ2) is 7.75. The molecular weight excluding hydrogens is 453 g/mol. The van der Waals surface area contributed by atoms with Crippen LogP contribution in [0.2, 0.25) is 0 Å². The van der Waals surface area contributed by atoms with Crippen molar-refractivity contribution in [3.05, 3.63) is 59.7 Å². The Morgan fingerprint density at radius 1 is 0.909 bits per heavy atom. The number of amides is 1. The topological polar surface area (TPSA) is 75.3 Å². The average Bonchev–Trinajstić information content (AvgIpc) is 2.72. The predicted octanol–water partition coefficient (Wildman–Crippen LogP) is 5.20. The van der Waals surface area contributed by atoms with E-state index < -0.39 is 21.8 Å². The molecule has 176 valence electrons. The first-order valence-electron chi connectivity index (χ1n) is 11.1.